The molecule has 3 nitrogen and oxygen atoms in total. The van der Waals surface area contributed by atoms with Crippen molar-refractivity contribution >= 4 is 23.7 Å². The number of hydrogen-bond acceptors (Lipinski definition) is 4. The van der Waals surface area contributed by atoms with Crippen LogP contribution in [-0.2, 0) is 0 Å². The number of likely N-dealkylation sites (N-methyl/N-ethyl adjacent to an activating group) is 1. The van der Waals surface area contributed by atoms with Gasteiger partial charge in [0, 0.05) is 17.8 Å². The summed E-state index contributed by atoms with van der Waals surface area (Å²) < 4.78 is 0. The Morgan fingerprint density at radius 1 is 1.28 bits per heavy atom. The summed E-state index contributed by atoms with van der Waals surface area (Å²) in [6.45, 7) is 7.28. The molecule has 0 aliphatic carbocycles. The summed E-state index contributed by atoms with van der Waals surface area (Å²) in [5.41, 5.74) is 3.43. The number of nitrogens with zero attached hydrogens (tertiary/aromatic N) is 3. The minimum Gasteiger partial charge on any atom is -0.326 e. The summed E-state index contributed by atoms with van der Waals surface area (Å²) in [5, 5.41) is 0.843. The Bertz CT molecular complexity index is 506. The lowest BCUT2D eigenvalue weighted by Gasteiger charge is -2.29. The van der Waals surface area contributed by atoms with Gasteiger partial charge in [0.05, 0.1) is 5.69 Å². The predicted molar refractivity (Wildman–Crippen MR) is 79.0 cm³/mol. The molecule has 0 spiro atoms. The van der Waals surface area contributed by atoms with Crippen LogP contribution < -0.4 is 4.90 Å². The first-order valence-corrected chi connectivity index (χ1v) is 7.52. The number of aromatic nitrogens is 2. The van der Waals surface area contributed by atoms with Crippen molar-refractivity contribution in [3.63, 3.8) is 0 Å². The lowest BCUT2D eigenvalue weighted by molar-refractivity contribution is 0.859. The van der Waals surface area contributed by atoms with Crippen LogP contribution in [0.1, 0.15) is 31.5 Å². The molecule has 0 bridgehead atoms. The van der Waals surface area contributed by atoms with E-state index in [1.54, 1.807) is 11.8 Å². The smallest absolute Gasteiger partial charge is 0.189 e. The fourth-order valence-electron chi connectivity index (χ4n) is 2.13. The van der Waals surface area contributed by atoms with Crippen molar-refractivity contribution in [1.82, 2.24) is 9.97 Å². The van der Waals surface area contributed by atoms with Gasteiger partial charge in [-0.05, 0) is 38.7 Å². The van der Waals surface area contributed by atoms with Crippen LogP contribution in [0.15, 0.2) is 23.0 Å². The molecule has 0 saturated carbocycles. The lowest BCUT2D eigenvalue weighted by atomic mass is 10.1. The van der Waals surface area contributed by atoms with E-state index in [4.69, 9.17) is 0 Å². The minimum atomic E-state index is 0.843. The van der Waals surface area contributed by atoms with Gasteiger partial charge < -0.3 is 4.90 Å². The summed E-state index contributed by atoms with van der Waals surface area (Å²) in [6.07, 6.45) is 9.57. The molecule has 2 heterocycles. The largest absolute Gasteiger partial charge is 0.326 e. The monoisotopic (exact) mass is 261 g/mol. The van der Waals surface area contributed by atoms with Gasteiger partial charge in [0.2, 0.25) is 0 Å². The zero-order valence-corrected chi connectivity index (χ0v) is 12.2. The van der Waals surface area contributed by atoms with Crippen molar-refractivity contribution in [2.24, 2.45) is 0 Å². The van der Waals surface area contributed by atoms with E-state index in [0.717, 1.165) is 35.2 Å². The maximum Gasteiger partial charge on any atom is 0.189 e. The third kappa shape index (κ3) is 2.29. The van der Waals surface area contributed by atoms with Crippen LogP contribution in [0, 0.1) is 6.92 Å². The summed E-state index contributed by atoms with van der Waals surface area (Å²) in [6, 6.07) is 0. The molecule has 1 aliphatic heterocycles. The van der Waals surface area contributed by atoms with E-state index in [1.165, 1.54) is 5.70 Å². The second-order valence-corrected chi connectivity index (χ2v) is 4.92. The van der Waals surface area contributed by atoms with Gasteiger partial charge in [0.15, 0.2) is 5.16 Å². The highest BCUT2D eigenvalue weighted by Gasteiger charge is 2.20. The number of aryl methyl sites for hydroxylation is 1. The van der Waals surface area contributed by atoms with Gasteiger partial charge in [0.1, 0.15) is 5.82 Å². The van der Waals surface area contributed by atoms with Crippen LogP contribution in [0.3, 0.4) is 0 Å². The fraction of sp³-hybridized carbons (Fsp3) is 0.429. The Morgan fingerprint density at radius 3 is 2.67 bits per heavy atom. The van der Waals surface area contributed by atoms with E-state index in [0.29, 0.717) is 0 Å². The van der Waals surface area contributed by atoms with Crippen molar-refractivity contribution in [1.29, 1.82) is 0 Å². The standard InChI is InChI=1S/C14H19N3S/c1-5-7-11-8-9-12-10(3)15-14(18-4)16-13(12)17(11)6-2/h7-9H,5-6H2,1-4H3/b11-7-. The molecule has 0 unspecified atom stereocenters. The molecule has 1 aliphatic rings. The predicted octanol–water partition coefficient (Wildman–Crippen LogP) is 3.65. The Hall–Kier alpha value is -1.29. The van der Waals surface area contributed by atoms with Crippen molar-refractivity contribution in [2.75, 3.05) is 17.7 Å². The number of anilines is 1. The quantitative estimate of drug-likeness (QED) is 0.613. The Balaban J connectivity index is 2.56. The van der Waals surface area contributed by atoms with E-state index in [-0.39, 0.29) is 0 Å². The first-order valence-electron chi connectivity index (χ1n) is 6.29. The molecule has 4 heteroatoms. The van der Waals surface area contributed by atoms with Gasteiger partial charge in [-0.3, -0.25) is 0 Å². The average molecular weight is 261 g/mol. The highest BCUT2D eigenvalue weighted by atomic mass is 32.2. The summed E-state index contributed by atoms with van der Waals surface area (Å²) in [4.78, 5) is 11.4. The van der Waals surface area contributed by atoms with E-state index >= 15 is 0 Å². The zero-order chi connectivity index (χ0) is 13.1. The van der Waals surface area contributed by atoms with Crippen molar-refractivity contribution in [3.05, 3.63) is 29.1 Å². The number of hydrogen-bond donors (Lipinski definition) is 0. The third-order valence-corrected chi connectivity index (χ3v) is 3.54. The molecule has 1 aromatic rings. The van der Waals surface area contributed by atoms with Crippen LogP contribution in [0.4, 0.5) is 5.82 Å². The Kier molecular flexibility index (Phi) is 4.07. The molecular weight excluding hydrogens is 242 g/mol. The normalized spacial score (nSPS) is 16.2. The van der Waals surface area contributed by atoms with Gasteiger partial charge in [-0.1, -0.05) is 24.8 Å². The van der Waals surface area contributed by atoms with Gasteiger partial charge in [0.25, 0.3) is 0 Å². The molecule has 0 atom stereocenters. The topological polar surface area (TPSA) is 29.0 Å². The molecule has 0 fully saturated rings. The molecule has 0 aromatic carbocycles. The number of fused-ring (bicyclic) bond motifs is 1. The fourth-order valence-corrected chi connectivity index (χ4v) is 2.54. The van der Waals surface area contributed by atoms with Gasteiger partial charge >= 0.3 is 0 Å². The average Bonchev–Trinajstić information content (AvgIpc) is 2.38. The van der Waals surface area contributed by atoms with Gasteiger partial charge in [-0.15, -0.1) is 0 Å². The first kappa shape index (κ1) is 13.1. The van der Waals surface area contributed by atoms with E-state index < -0.39 is 0 Å². The summed E-state index contributed by atoms with van der Waals surface area (Å²) >= 11 is 1.59. The SMILES string of the molecule is CC/C=C1/C=Cc2c(C)nc(SC)nc2N1CC. The molecule has 0 amide bonds. The molecule has 0 N–H and O–H groups in total. The maximum absolute atomic E-state index is 4.66. The molecule has 2 rings (SSSR count). The molecule has 96 valence electrons. The number of thioether (sulfide) groups is 1. The highest BCUT2D eigenvalue weighted by molar-refractivity contribution is 7.98. The van der Waals surface area contributed by atoms with Gasteiger partial charge in [-0.2, -0.15) is 0 Å². The number of allylic oxidation sites excluding steroid dienone is 2. The van der Waals surface area contributed by atoms with Crippen LogP contribution in [0.25, 0.3) is 6.08 Å². The van der Waals surface area contributed by atoms with Crippen LogP contribution >= 0.6 is 11.8 Å². The Morgan fingerprint density at radius 2 is 2.06 bits per heavy atom. The van der Waals surface area contributed by atoms with Crippen molar-refractivity contribution in [2.45, 2.75) is 32.3 Å². The second-order valence-electron chi connectivity index (χ2n) is 4.15. The summed E-state index contributed by atoms with van der Waals surface area (Å²) in [7, 11) is 0. The lowest BCUT2D eigenvalue weighted by Crippen LogP contribution is -2.26. The summed E-state index contributed by atoms with van der Waals surface area (Å²) in [5.74, 6) is 1.04. The number of rotatable bonds is 3. The van der Waals surface area contributed by atoms with Crippen LogP contribution in [0.5, 0.6) is 0 Å². The Labute approximate surface area is 113 Å². The van der Waals surface area contributed by atoms with Crippen molar-refractivity contribution in [3.8, 4) is 0 Å². The highest BCUT2D eigenvalue weighted by Crippen LogP contribution is 2.31. The minimum absolute atomic E-state index is 0.843. The van der Waals surface area contributed by atoms with E-state index in [9.17, 15) is 0 Å². The van der Waals surface area contributed by atoms with Crippen LogP contribution in [0.2, 0.25) is 0 Å². The first-order chi connectivity index (χ1) is 8.71. The van der Waals surface area contributed by atoms with E-state index in [1.807, 2.05) is 13.2 Å². The van der Waals surface area contributed by atoms with Gasteiger partial charge in [-0.25, -0.2) is 9.97 Å². The molecule has 0 radical (unpaired) electrons. The van der Waals surface area contributed by atoms with Crippen LogP contribution in [-0.4, -0.2) is 22.8 Å². The second kappa shape index (κ2) is 5.57. The zero-order valence-electron chi connectivity index (χ0n) is 11.4. The van der Waals surface area contributed by atoms with E-state index in [2.05, 4.69) is 46.9 Å². The molecule has 1 aromatic heterocycles. The third-order valence-electron chi connectivity index (χ3n) is 3.00. The molecule has 0 saturated heterocycles. The molecule has 18 heavy (non-hydrogen) atoms. The maximum atomic E-state index is 4.66. The van der Waals surface area contributed by atoms with Crippen molar-refractivity contribution < 1.29 is 0 Å². The molecular formula is C14H19N3S.